The third-order valence-electron chi connectivity index (χ3n) is 7.37. The lowest BCUT2D eigenvalue weighted by Crippen LogP contribution is -2.68. The zero-order valence-electron chi connectivity index (χ0n) is 20.5. The van der Waals surface area contributed by atoms with Gasteiger partial charge in [-0.25, -0.2) is 0 Å². The van der Waals surface area contributed by atoms with E-state index < -0.39 is 18.0 Å². The third-order valence-corrected chi connectivity index (χ3v) is 7.90. The van der Waals surface area contributed by atoms with Crippen molar-refractivity contribution in [2.75, 3.05) is 26.2 Å². The Morgan fingerprint density at radius 3 is 2.22 bits per heavy atom. The number of carbonyl (C=O) groups is 2. The number of ether oxygens (including phenoxy) is 2. The number of amides is 2. The van der Waals surface area contributed by atoms with Gasteiger partial charge in [0.1, 0.15) is 12.2 Å². The molecule has 0 aromatic heterocycles. The Labute approximate surface area is 222 Å². The quantitative estimate of drug-likeness (QED) is 0.223. The first-order chi connectivity index (χ1) is 17.7. The van der Waals surface area contributed by atoms with E-state index in [4.69, 9.17) is 15.0 Å². The predicted molar refractivity (Wildman–Crippen MR) is 138 cm³/mol. The van der Waals surface area contributed by atoms with Crippen molar-refractivity contribution in [2.45, 2.75) is 49.8 Å². The van der Waals surface area contributed by atoms with Crippen LogP contribution in [0.1, 0.15) is 46.0 Å². The second kappa shape index (κ2) is 10.2. The van der Waals surface area contributed by atoms with Crippen LogP contribution in [0.2, 0.25) is 0 Å². The highest BCUT2D eigenvalue weighted by molar-refractivity contribution is 9.10. The number of carbonyl (C=O) groups excluding carboxylic acids is 2. The van der Waals surface area contributed by atoms with Crippen molar-refractivity contribution in [1.29, 1.82) is 0 Å². The van der Waals surface area contributed by atoms with Crippen LogP contribution < -0.4 is 0 Å². The summed E-state index contributed by atoms with van der Waals surface area (Å²) >= 11 is 3.48. The van der Waals surface area contributed by atoms with Gasteiger partial charge in [0.25, 0.3) is 11.8 Å². The van der Waals surface area contributed by atoms with Gasteiger partial charge >= 0.3 is 0 Å². The van der Waals surface area contributed by atoms with Crippen LogP contribution in [-0.2, 0) is 9.47 Å². The van der Waals surface area contributed by atoms with Crippen molar-refractivity contribution < 1.29 is 24.2 Å². The molecule has 2 aromatic carbocycles. The van der Waals surface area contributed by atoms with Crippen molar-refractivity contribution in [3.63, 3.8) is 0 Å². The molecule has 0 spiro atoms. The zero-order valence-corrected chi connectivity index (χ0v) is 22.1. The summed E-state index contributed by atoms with van der Waals surface area (Å²) in [5.41, 5.74) is 10.9. The molecule has 37 heavy (non-hydrogen) atoms. The van der Waals surface area contributed by atoms with Gasteiger partial charge < -0.3 is 14.6 Å². The minimum Gasteiger partial charge on any atom is -0.394 e. The molecule has 2 amide bonds. The Hall–Kier alpha value is -2.79. The first-order valence-electron chi connectivity index (χ1n) is 12.2. The Morgan fingerprint density at radius 1 is 1.00 bits per heavy atom. The first kappa shape index (κ1) is 25.8. The molecule has 0 aliphatic carbocycles. The third kappa shape index (κ3) is 4.79. The molecule has 11 heteroatoms. The number of rotatable bonds is 8. The molecule has 2 aromatic rings. The largest absolute Gasteiger partial charge is 0.394 e. The average molecular weight is 570 g/mol. The lowest BCUT2D eigenvalue weighted by molar-refractivity contribution is -0.154. The number of nitrogens with zero attached hydrogens (tertiary/aromatic N) is 5. The summed E-state index contributed by atoms with van der Waals surface area (Å²) < 4.78 is 12.9. The van der Waals surface area contributed by atoms with Crippen LogP contribution in [0.3, 0.4) is 0 Å². The summed E-state index contributed by atoms with van der Waals surface area (Å²) in [4.78, 5) is 32.8. The molecule has 2 saturated heterocycles. The van der Waals surface area contributed by atoms with E-state index in [1.165, 1.54) is 4.90 Å². The molecule has 194 valence electrons. The van der Waals surface area contributed by atoms with E-state index in [1.54, 1.807) is 38.1 Å². The normalized spacial score (nSPS) is 28.6. The number of benzene rings is 2. The van der Waals surface area contributed by atoms with Crippen LogP contribution in [0.25, 0.3) is 10.4 Å². The van der Waals surface area contributed by atoms with Gasteiger partial charge in [0, 0.05) is 47.0 Å². The SMILES string of the molecule is CC1(C)OC(CO)[C@H](CN2[C@H](CN3C(=O)c4ccccc4C3=O)[C@H](c3ccc(Br)cc3)[C@@H]2CN=[N+]=[N-])O1. The lowest BCUT2D eigenvalue weighted by Gasteiger charge is -2.56. The highest BCUT2D eigenvalue weighted by Gasteiger charge is 2.53. The molecule has 10 nitrogen and oxygen atoms in total. The summed E-state index contributed by atoms with van der Waals surface area (Å²) in [5, 5.41) is 13.8. The minimum absolute atomic E-state index is 0.106. The zero-order chi connectivity index (χ0) is 26.3. The first-order valence-corrected chi connectivity index (χ1v) is 13.0. The number of imide groups is 1. The number of hydrogen-bond donors (Lipinski definition) is 1. The number of aliphatic hydroxyl groups excluding tert-OH is 1. The fraction of sp³-hybridized carbons (Fsp3) is 0.462. The Kier molecular flexibility index (Phi) is 7.10. The molecule has 2 fully saturated rings. The van der Waals surface area contributed by atoms with Crippen LogP contribution in [0.4, 0.5) is 0 Å². The molecular weight excluding hydrogens is 542 g/mol. The Bertz CT molecular complexity index is 1210. The summed E-state index contributed by atoms with van der Waals surface area (Å²) in [6.07, 6.45) is -0.967. The van der Waals surface area contributed by atoms with Gasteiger partial charge in [0.15, 0.2) is 5.79 Å². The standard InChI is InChI=1S/C26H28BrN5O5/c1-26(2)36-21(22(14-33)37-26)13-31-19(11-29-30-28)23(15-7-9-16(27)10-8-15)20(31)12-32-24(34)17-5-3-4-6-18(17)25(32)35/h3-10,19-23,33H,11-14H2,1-2H3/t19-,20+,21-,22?,23+/m0/s1. The van der Waals surface area contributed by atoms with Crippen molar-refractivity contribution in [2.24, 2.45) is 5.11 Å². The van der Waals surface area contributed by atoms with E-state index in [0.717, 1.165) is 10.0 Å². The van der Waals surface area contributed by atoms with E-state index in [9.17, 15) is 14.7 Å². The Morgan fingerprint density at radius 2 is 1.62 bits per heavy atom. The van der Waals surface area contributed by atoms with Crippen LogP contribution >= 0.6 is 15.9 Å². The van der Waals surface area contributed by atoms with Gasteiger partial charge in [0.05, 0.1) is 17.7 Å². The van der Waals surface area contributed by atoms with Crippen molar-refractivity contribution in [3.05, 3.63) is 80.1 Å². The number of hydrogen-bond acceptors (Lipinski definition) is 7. The second-order valence-electron chi connectivity index (χ2n) is 9.98. The molecule has 1 N–H and O–H groups in total. The Balaban J connectivity index is 1.48. The average Bonchev–Trinajstić information content (AvgIpc) is 3.31. The number of azide groups is 1. The maximum atomic E-state index is 13.2. The van der Waals surface area contributed by atoms with E-state index >= 15 is 0 Å². The van der Waals surface area contributed by atoms with Gasteiger partial charge in [-0.1, -0.05) is 45.3 Å². The number of fused-ring (bicyclic) bond motifs is 1. The fourth-order valence-corrected chi connectivity index (χ4v) is 6.05. The molecule has 5 rings (SSSR count). The minimum atomic E-state index is -0.855. The maximum Gasteiger partial charge on any atom is 0.261 e. The van der Waals surface area contributed by atoms with Crippen molar-refractivity contribution in [1.82, 2.24) is 9.80 Å². The molecule has 3 aliphatic rings. The van der Waals surface area contributed by atoms with Crippen molar-refractivity contribution >= 4 is 27.7 Å². The van der Waals surface area contributed by atoms with Crippen LogP contribution in [-0.4, -0.2) is 83.0 Å². The molecule has 0 saturated carbocycles. The van der Waals surface area contributed by atoms with Crippen LogP contribution in [0, 0.1) is 0 Å². The molecule has 3 aliphatic heterocycles. The topological polar surface area (TPSA) is 128 Å². The van der Waals surface area contributed by atoms with Gasteiger partial charge in [-0.05, 0) is 49.2 Å². The molecule has 1 unspecified atom stereocenters. The fourth-order valence-electron chi connectivity index (χ4n) is 5.79. The van der Waals surface area contributed by atoms with Gasteiger partial charge in [-0.3, -0.25) is 19.4 Å². The summed E-state index contributed by atoms with van der Waals surface area (Å²) in [7, 11) is 0. The molecule has 0 radical (unpaired) electrons. The smallest absolute Gasteiger partial charge is 0.261 e. The number of aliphatic hydroxyl groups is 1. The van der Waals surface area contributed by atoms with Gasteiger partial charge in [0.2, 0.25) is 0 Å². The number of halogens is 1. The van der Waals surface area contributed by atoms with E-state index in [-0.39, 0.29) is 49.5 Å². The summed E-state index contributed by atoms with van der Waals surface area (Å²) in [6.45, 7) is 4.13. The number of likely N-dealkylation sites (tertiary alicyclic amines) is 1. The second-order valence-corrected chi connectivity index (χ2v) is 10.9. The lowest BCUT2D eigenvalue weighted by atomic mass is 9.74. The highest BCUT2D eigenvalue weighted by Crippen LogP contribution is 2.44. The molecule has 0 bridgehead atoms. The predicted octanol–water partition coefficient (Wildman–Crippen LogP) is 3.70. The van der Waals surface area contributed by atoms with E-state index in [0.29, 0.717) is 17.7 Å². The summed E-state index contributed by atoms with van der Waals surface area (Å²) in [6, 6.07) is 14.3. The maximum absolute atomic E-state index is 13.2. The van der Waals surface area contributed by atoms with Gasteiger partial charge in [-0.2, -0.15) is 0 Å². The summed E-state index contributed by atoms with van der Waals surface area (Å²) in [5.74, 6) is -1.59. The van der Waals surface area contributed by atoms with E-state index in [1.807, 2.05) is 24.3 Å². The van der Waals surface area contributed by atoms with Crippen molar-refractivity contribution in [3.8, 4) is 0 Å². The van der Waals surface area contributed by atoms with E-state index in [2.05, 4.69) is 30.9 Å². The van der Waals surface area contributed by atoms with Gasteiger partial charge in [-0.15, -0.1) is 0 Å². The molecule has 5 atom stereocenters. The van der Waals surface area contributed by atoms with Crippen LogP contribution in [0.5, 0.6) is 0 Å². The highest BCUT2D eigenvalue weighted by atomic mass is 79.9. The molecule has 3 heterocycles. The monoisotopic (exact) mass is 569 g/mol. The van der Waals surface area contributed by atoms with Crippen LogP contribution in [0.15, 0.2) is 58.1 Å². The molecular formula is C26H28BrN5O5.